The summed E-state index contributed by atoms with van der Waals surface area (Å²) >= 11 is 0. The van der Waals surface area contributed by atoms with Gasteiger partial charge in [-0.2, -0.15) is 0 Å². The largest absolute Gasteiger partial charge is 0.273 e. The van der Waals surface area contributed by atoms with Gasteiger partial charge < -0.3 is 0 Å². The molecular weight excluding hydrogens is 162 g/mol. The average Bonchev–Trinajstić information content (AvgIpc) is 2.15. The maximum Gasteiger partial charge on any atom is 0.0771 e. The molecule has 0 aliphatic heterocycles. The van der Waals surface area contributed by atoms with Crippen LogP contribution in [0.4, 0.5) is 5.69 Å². The summed E-state index contributed by atoms with van der Waals surface area (Å²) in [6.07, 6.45) is 0. The fraction of sp³-hybridized carbons (Fsp3) is 0.455. The summed E-state index contributed by atoms with van der Waals surface area (Å²) in [5, 5.41) is 1.81. The summed E-state index contributed by atoms with van der Waals surface area (Å²) < 4.78 is 0. The number of anilines is 1. The summed E-state index contributed by atoms with van der Waals surface area (Å²) in [6.45, 7) is 5.03. The molecule has 0 aromatic heterocycles. The number of rotatable bonds is 4. The van der Waals surface area contributed by atoms with Crippen molar-refractivity contribution in [3.8, 4) is 0 Å². The minimum absolute atomic E-state index is 0.561. The standard InChI is InChI=1S/C11H17NO/c1-10(2)9-13-12(3)11-7-5-4-6-8-11/h4-8,10H,9H2,1-3H3. The number of hydrogen-bond acceptors (Lipinski definition) is 2. The maximum atomic E-state index is 5.52. The number of benzene rings is 1. The third-order valence-electron chi connectivity index (χ3n) is 1.72. The molecule has 0 fully saturated rings. The van der Waals surface area contributed by atoms with Crippen LogP contribution in [-0.4, -0.2) is 13.7 Å². The van der Waals surface area contributed by atoms with E-state index >= 15 is 0 Å². The second kappa shape index (κ2) is 4.87. The molecule has 0 bridgehead atoms. The minimum atomic E-state index is 0.561. The summed E-state index contributed by atoms with van der Waals surface area (Å²) in [6, 6.07) is 10.1. The lowest BCUT2D eigenvalue weighted by atomic mass is 10.2. The van der Waals surface area contributed by atoms with Gasteiger partial charge in [0.25, 0.3) is 0 Å². The molecule has 13 heavy (non-hydrogen) atoms. The van der Waals surface area contributed by atoms with E-state index in [9.17, 15) is 0 Å². The quantitative estimate of drug-likeness (QED) is 0.659. The van der Waals surface area contributed by atoms with Crippen molar-refractivity contribution < 1.29 is 4.84 Å². The van der Waals surface area contributed by atoms with Crippen molar-refractivity contribution >= 4 is 5.69 Å². The molecule has 0 aliphatic rings. The molecule has 0 unspecified atom stereocenters. The minimum Gasteiger partial charge on any atom is -0.273 e. The fourth-order valence-corrected chi connectivity index (χ4v) is 0.973. The van der Waals surface area contributed by atoms with Crippen molar-refractivity contribution in [3.05, 3.63) is 30.3 Å². The van der Waals surface area contributed by atoms with E-state index in [0.717, 1.165) is 12.3 Å². The predicted octanol–water partition coefficient (Wildman–Crippen LogP) is 2.71. The van der Waals surface area contributed by atoms with Crippen molar-refractivity contribution in [1.82, 2.24) is 0 Å². The Labute approximate surface area is 80.1 Å². The van der Waals surface area contributed by atoms with Gasteiger partial charge in [-0.05, 0) is 18.1 Å². The number of para-hydroxylation sites is 1. The molecule has 0 heterocycles. The van der Waals surface area contributed by atoms with E-state index in [1.165, 1.54) is 0 Å². The third kappa shape index (κ3) is 3.47. The lowest BCUT2D eigenvalue weighted by Gasteiger charge is -2.19. The molecule has 0 atom stereocenters. The SMILES string of the molecule is CC(C)CON(C)c1ccccc1. The molecule has 0 aliphatic carbocycles. The van der Waals surface area contributed by atoms with Gasteiger partial charge in [-0.25, -0.2) is 0 Å². The number of nitrogens with zero attached hydrogens (tertiary/aromatic N) is 1. The highest BCUT2D eigenvalue weighted by molar-refractivity contribution is 5.42. The van der Waals surface area contributed by atoms with Crippen LogP contribution in [0.15, 0.2) is 30.3 Å². The van der Waals surface area contributed by atoms with E-state index < -0.39 is 0 Å². The van der Waals surface area contributed by atoms with Crippen LogP contribution in [-0.2, 0) is 4.84 Å². The first kappa shape index (κ1) is 10.1. The molecular formula is C11H17NO. The average molecular weight is 179 g/mol. The number of hydrogen-bond donors (Lipinski definition) is 0. The molecule has 2 nitrogen and oxygen atoms in total. The second-order valence-electron chi connectivity index (χ2n) is 3.52. The van der Waals surface area contributed by atoms with Crippen LogP contribution in [0.1, 0.15) is 13.8 Å². The van der Waals surface area contributed by atoms with E-state index in [1.807, 2.05) is 37.4 Å². The maximum absolute atomic E-state index is 5.52. The van der Waals surface area contributed by atoms with E-state index in [4.69, 9.17) is 4.84 Å². The van der Waals surface area contributed by atoms with Crippen molar-refractivity contribution in [2.45, 2.75) is 13.8 Å². The monoisotopic (exact) mass is 179 g/mol. The van der Waals surface area contributed by atoms with E-state index in [0.29, 0.717) is 5.92 Å². The molecule has 0 saturated carbocycles. The topological polar surface area (TPSA) is 12.5 Å². The molecule has 0 saturated heterocycles. The molecule has 0 N–H and O–H groups in total. The van der Waals surface area contributed by atoms with Crippen LogP contribution >= 0.6 is 0 Å². The smallest absolute Gasteiger partial charge is 0.0771 e. The lowest BCUT2D eigenvalue weighted by molar-refractivity contribution is 0.0983. The summed E-state index contributed by atoms with van der Waals surface area (Å²) in [4.78, 5) is 5.52. The van der Waals surface area contributed by atoms with Crippen molar-refractivity contribution in [1.29, 1.82) is 0 Å². The zero-order chi connectivity index (χ0) is 9.68. The van der Waals surface area contributed by atoms with Gasteiger partial charge >= 0.3 is 0 Å². The first-order valence-corrected chi connectivity index (χ1v) is 4.62. The fourth-order valence-electron chi connectivity index (χ4n) is 0.973. The first-order chi connectivity index (χ1) is 6.20. The van der Waals surface area contributed by atoms with Gasteiger partial charge in [-0.1, -0.05) is 32.0 Å². The molecule has 0 amide bonds. The van der Waals surface area contributed by atoms with Crippen LogP contribution in [0.25, 0.3) is 0 Å². The Morgan fingerprint density at radius 1 is 1.23 bits per heavy atom. The Morgan fingerprint density at radius 3 is 2.38 bits per heavy atom. The molecule has 2 heteroatoms. The highest BCUT2D eigenvalue weighted by atomic mass is 16.7. The molecule has 1 aromatic carbocycles. The Kier molecular flexibility index (Phi) is 3.77. The van der Waals surface area contributed by atoms with Crippen molar-refractivity contribution in [2.75, 3.05) is 18.7 Å². The zero-order valence-electron chi connectivity index (χ0n) is 8.53. The molecule has 72 valence electrons. The van der Waals surface area contributed by atoms with Crippen molar-refractivity contribution in [2.24, 2.45) is 5.92 Å². The van der Waals surface area contributed by atoms with Gasteiger partial charge in [-0.3, -0.25) is 9.90 Å². The predicted molar refractivity (Wildman–Crippen MR) is 55.6 cm³/mol. The van der Waals surface area contributed by atoms with Crippen LogP contribution in [0, 0.1) is 5.92 Å². The van der Waals surface area contributed by atoms with E-state index in [1.54, 1.807) is 5.06 Å². The Morgan fingerprint density at radius 2 is 1.85 bits per heavy atom. The molecule has 1 rings (SSSR count). The van der Waals surface area contributed by atoms with E-state index in [-0.39, 0.29) is 0 Å². The van der Waals surface area contributed by atoms with Gasteiger partial charge in [0.2, 0.25) is 0 Å². The Balaban J connectivity index is 2.44. The molecule has 0 radical (unpaired) electrons. The van der Waals surface area contributed by atoms with Gasteiger partial charge in [0.15, 0.2) is 0 Å². The van der Waals surface area contributed by atoms with Crippen LogP contribution in [0.3, 0.4) is 0 Å². The zero-order valence-corrected chi connectivity index (χ0v) is 8.53. The Bertz CT molecular complexity index is 233. The summed E-state index contributed by atoms with van der Waals surface area (Å²) in [5.74, 6) is 0.561. The lowest BCUT2D eigenvalue weighted by Crippen LogP contribution is -2.20. The second-order valence-corrected chi connectivity index (χ2v) is 3.52. The summed E-state index contributed by atoms with van der Waals surface area (Å²) in [5.41, 5.74) is 1.09. The number of hydroxylamine groups is 1. The summed E-state index contributed by atoms with van der Waals surface area (Å²) in [7, 11) is 1.93. The third-order valence-corrected chi connectivity index (χ3v) is 1.72. The first-order valence-electron chi connectivity index (χ1n) is 4.62. The van der Waals surface area contributed by atoms with E-state index in [2.05, 4.69) is 13.8 Å². The van der Waals surface area contributed by atoms with Gasteiger partial charge in [0.05, 0.1) is 12.3 Å². The van der Waals surface area contributed by atoms with Crippen LogP contribution in [0.5, 0.6) is 0 Å². The normalized spacial score (nSPS) is 10.5. The van der Waals surface area contributed by atoms with Gasteiger partial charge in [0.1, 0.15) is 0 Å². The highest BCUT2D eigenvalue weighted by Gasteiger charge is 2.00. The van der Waals surface area contributed by atoms with Crippen LogP contribution < -0.4 is 5.06 Å². The van der Waals surface area contributed by atoms with Crippen LogP contribution in [0.2, 0.25) is 0 Å². The van der Waals surface area contributed by atoms with Gasteiger partial charge in [-0.15, -0.1) is 0 Å². The van der Waals surface area contributed by atoms with Gasteiger partial charge in [0, 0.05) is 7.05 Å². The Hall–Kier alpha value is -1.02. The molecule has 0 spiro atoms. The highest BCUT2D eigenvalue weighted by Crippen LogP contribution is 2.11. The van der Waals surface area contributed by atoms with Crippen molar-refractivity contribution in [3.63, 3.8) is 0 Å². The molecule has 1 aromatic rings.